The molecule has 0 saturated heterocycles. The highest BCUT2D eigenvalue weighted by molar-refractivity contribution is 14.1. The molecular weight excluding hydrogens is 359 g/mol. The lowest BCUT2D eigenvalue weighted by molar-refractivity contribution is -0.115. The number of rotatable bonds is 1. The van der Waals surface area contributed by atoms with Crippen LogP contribution in [0.2, 0.25) is 0 Å². The molecule has 0 radical (unpaired) electrons. The molecule has 1 amide bonds. The minimum absolute atomic E-state index is 0.0112. The molecule has 1 aromatic carbocycles. The molecule has 0 bridgehead atoms. The molecule has 0 saturated carbocycles. The van der Waals surface area contributed by atoms with Crippen molar-refractivity contribution in [3.63, 3.8) is 0 Å². The van der Waals surface area contributed by atoms with E-state index in [0.29, 0.717) is 6.42 Å². The van der Waals surface area contributed by atoms with Crippen LogP contribution in [-0.2, 0) is 4.79 Å². The Bertz CT molecular complexity index is 634. The lowest BCUT2D eigenvalue weighted by Gasteiger charge is -2.04. The Balaban J connectivity index is 2.12. The summed E-state index contributed by atoms with van der Waals surface area (Å²) in [6, 6.07) is 9.84. The summed E-state index contributed by atoms with van der Waals surface area (Å²) in [5.74, 6) is -0.0112. The van der Waals surface area contributed by atoms with Crippen molar-refractivity contribution < 1.29 is 4.79 Å². The number of halogens is 1. The van der Waals surface area contributed by atoms with Crippen LogP contribution in [0, 0.1) is 3.57 Å². The molecule has 0 aliphatic carbocycles. The van der Waals surface area contributed by atoms with Crippen LogP contribution >= 0.6 is 33.9 Å². The molecule has 2 aromatic rings. The zero-order chi connectivity index (χ0) is 12.5. The Hall–Kier alpha value is -1.21. The number of thiophene rings is 1. The Morgan fingerprint density at radius 2 is 2.22 bits per heavy atom. The van der Waals surface area contributed by atoms with Crippen LogP contribution in [-0.4, -0.2) is 11.6 Å². The quantitative estimate of drug-likeness (QED) is 0.764. The second kappa shape index (κ2) is 4.81. The predicted octanol–water partition coefficient (Wildman–Crippen LogP) is 3.82. The van der Waals surface area contributed by atoms with Crippen LogP contribution in [0.1, 0.15) is 11.3 Å². The largest absolute Gasteiger partial charge is 0.324 e. The predicted molar refractivity (Wildman–Crippen MR) is 82.9 cm³/mol. The first-order valence-corrected chi connectivity index (χ1v) is 7.39. The van der Waals surface area contributed by atoms with Crippen molar-refractivity contribution in [1.29, 1.82) is 0 Å². The van der Waals surface area contributed by atoms with Gasteiger partial charge in [0.2, 0.25) is 5.91 Å². The number of anilines is 1. The minimum atomic E-state index is -0.0112. The van der Waals surface area contributed by atoms with Crippen molar-refractivity contribution in [3.05, 3.63) is 44.2 Å². The maximum atomic E-state index is 11.9. The van der Waals surface area contributed by atoms with E-state index in [1.165, 1.54) is 0 Å². The van der Waals surface area contributed by atoms with Crippen LogP contribution in [0.25, 0.3) is 0 Å². The van der Waals surface area contributed by atoms with Gasteiger partial charge in [0.25, 0.3) is 0 Å². The van der Waals surface area contributed by atoms with Gasteiger partial charge in [0.05, 0.1) is 23.5 Å². The average molecular weight is 368 g/mol. The Morgan fingerprint density at radius 1 is 1.33 bits per heavy atom. The molecule has 3 rings (SSSR count). The van der Waals surface area contributed by atoms with Gasteiger partial charge in [-0.3, -0.25) is 4.79 Å². The van der Waals surface area contributed by atoms with E-state index in [1.54, 1.807) is 11.3 Å². The van der Waals surface area contributed by atoms with Gasteiger partial charge in [0, 0.05) is 8.45 Å². The molecule has 3 nitrogen and oxygen atoms in total. The van der Waals surface area contributed by atoms with Crippen LogP contribution in [0.5, 0.6) is 0 Å². The van der Waals surface area contributed by atoms with Crippen LogP contribution < -0.4 is 5.32 Å². The van der Waals surface area contributed by atoms with E-state index in [2.05, 4.69) is 32.9 Å². The molecule has 1 aromatic heterocycles. The summed E-state index contributed by atoms with van der Waals surface area (Å²) in [6.45, 7) is 0. The molecule has 1 N–H and O–H groups in total. The molecule has 1 aliphatic heterocycles. The van der Waals surface area contributed by atoms with Crippen LogP contribution in [0.3, 0.4) is 0 Å². The van der Waals surface area contributed by atoms with Gasteiger partial charge in [-0.2, -0.15) is 0 Å². The maximum absolute atomic E-state index is 11.9. The van der Waals surface area contributed by atoms with Crippen molar-refractivity contribution in [2.24, 2.45) is 4.99 Å². The van der Waals surface area contributed by atoms with E-state index >= 15 is 0 Å². The van der Waals surface area contributed by atoms with E-state index in [0.717, 1.165) is 25.5 Å². The molecule has 0 fully saturated rings. The van der Waals surface area contributed by atoms with Crippen LogP contribution in [0.15, 0.2) is 40.7 Å². The van der Waals surface area contributed by atoms with E-state index in [1.807, 2.05) is 35.7 Å². The summed E-state index contributed by atoms with van der Waals surface area (Å²) >= 11 is 3.83. The summed E-state index contributed by atoms with van der Waals surface area (Å²) < 4.78 is 1.08. The molecule has 1 aliphatic rings. The second-order valence-corrected chi connectivity index (χ2v) is 6.12. The van der Waals surface area contributed by atoms with Crippen LogP contribution in [0.4, 0.5) is 11.4 Å². The molecule has 18 heavy (non-hydrogen) atoms. The van der Waals surface area contributed by atoms with Crippen molar-refractivity contribution in [2.75, 3.05) is 5.32 Å². The highest BCUT2D eigenvalue weighted by Crippen LogP contribution is 2.31. The Kier molecular flexibility index (Phi) is 3.17. The smallest absolute Gasteiger partial charge is 0.230 e. The van der Waals surface area contributed by atoms with Crippen molar-refractivity contribution >= 4 is 56.9 Å². The van der Waals surface area contributed by atoms with Gasteiger partial charge in [-0.25, -0.2) is 4.99 Å². The van der Waals surface area contributed by atoms with Gasteiger partial charge in [0.15, 0.2) is 0 Å². The highest BCUT2D eigenvalue weighted by Gasteiger charge is 2.17. The number of nitrogens with one attached hydrogen (secondary N) is 1. The Morgan fingerprint density at radius 3 is 3.00 bits per heavy atom. The van der Waals surface area contributed by atoms with E-state index in [4.69, 9.17) is 0 Å². The zero-order valence-electron chi connectivity index (χ0n) is 9.31. The number of aliphatic imine (C=N–C) groups is 1. The van der Waals surface area contributed by atoms with E-state index in [9.17, 15) is 4.79 Å². The van der Waals surface area contributed by atoms with Gasteiger partial charge >= 0.3 is 0 Å². The summed E-state index contributed by atoms with van der Waals surface area (Å²) in [7, 11) is 0. The Labute approximate surface area is 122 Å². The summed E-state index contributed by atoms with van der Waals surface area (Å²) in [5, 5.41) is 4.90. The lowest BCUT2D eigenvalue weighted by Crippen LogP contribution is -2.14. The molecule has 0 atom stereocenters. The monoisotopic (exact) mass is 368 g/mol. The lowest BCUT2D eigenvalue weighted by atomic mass is 10.2. The number of hydrogen-bond acceptors (Lipinski definition) is 3. The van der Waals surface area contributed by atoms with Crippen molar-refractivity contribution in [1.82, 2.24) is 0 Å². The second-order valence-electron chi connectivity index (χ2n) is 3.92. The van der Waals surface area contributed by atoms with Crippen molar-refractivity contribution in [3.8, 4) is 0 Å². The van der Waals surface area contributed by atoms with Gasteiger partial charge in [-0.1, -0.05) is 6.07 Å². The maximum Gasteiger partial charge on any atom is 0.230 e. The third-order valence-electron chi connectivity index (χ3n) is 2.62. The molecule has 2 heterocycles. The van der Waals surface area contributed by atoms with Gasteiger partial charge in [0.1, 0.15) is 0 Å². The third-order valence-corrected chi connectivity index (χ3v) is 4.21. The number of carbonyl (C=O) groups excluding carboxylic acids is 1. The van der Waals surface area contributed by atoms with E-state index < -0.39 is 0 Å². The number of benzene rings is 1. The molecule has 0 unspecified atom stereocenters. The summed E-state index contributed by atoms with van der Waals surface area (Å²) in [4.78, 5) is 17.5. The van der Waals surface area contributed by atoms with Gasteiger partial charge in [-0.05, 0) is 52.2 Å². The molecule has 90 valence electrons. The fourth-order valence-corrected chi connectivity index (χ4v) is 3.03. The summed E-state index contributed by atoms with van der Waals surface area (Å²) in [6.07, 6.45) is 0.325. The highest BCUT2D eigenvalue weighted by atomic mass is 127. The zero-order valence-corrected chi connectivity index (χ0v) is 12.3. The first kappa shape index (κ1) is 11.9. The fourth-order valence-electron chi connectivity index (χ4n) is 1.82. The number of carbonyl (C=O) groups is 1. The third kappa shape index (κ3) is 2.32. The topological polar surface area (TPSA) is 41.5 Å². The standard InChI is InChI=1S/C13H9IN2OS/c14-8-3-4-9-10(6-8)16-13(17)7-11(15-9)12-2-1-5-18-12/h1-6H,7H2,(H,16,17). The number of nitrogens with zero attached hydrogens (tertiary/aromatic N) is 1. The molecule has 0 spiro atoms. The van der Waals surface area contributed by atoms with E-state index in [-0.39, 0.29) is 5.91 Å². The number of fused-ring (bicyclic) bond motifs is 1. The number of amides is 1. The normalized spacial score (nSPS) is 14.5. The molecule has 5 heteroatoms. The van der Waals surface area contributed by atoms with Crippen molar-refractivity contribution in [2.45, 2.75) is 6.42 Å². The first-order valence-electron chi connectivity index (χ1n) is 5.43. The SMILES string of the molecule is O=C1CC(c2cccs2)=Nc2ccc(I)cc2N1. The minimum Gasteiger partial charge on any atom is -0.324 e. The average Bonchev–Trinajstić information content (AvgIpc) is 2.80. The van der Waals surface area contributed by atoms with Gasteiger partial charge < -0.3 is 5.32 Å². The first-order chi connectivity index (χ1) is 8.72. The summed E-state index contributed by atoms with van der Waals surface area (Å²) in [5.41, 5.74) is 2.45. The molecular formula is C13H9IN2OS. The van der Waals surface area contributed by atoms with Gasteiger partial charge in [-0.15, -0.1) is 11.3 Å². The fraction of sp³-hybridized carbons (Fsp3) is 0.0769. The number of hydrogen-bond donors (Lipinski definition) is 1.